The molecule has 0 saturated heterocycles. The third kappa shape index (κ3) is 4.40. The molecule has 2 aromatic heterocycles. The Morgan fingerprint density at radius 1 is 0.919 bits per heavy atom. The summed E-state index contributed by atoms with van der Waals surface area (Å²) in [6, 6.07) is 24.8. The van der Waals surface area contributed by atoms with Crippen LogP contribution in [0.5, 0.6) is 5.75 Å². The molecule has 5 aromatic rings. The maximum atomic E-state index is 12.8. The van der Waals surface area contributed by atoms with E-state index in [0.717, 1.165) is 33.7 Å². The fraction of sp³-hybridized carbons (Fsp3) is 0.103. The molecule has 0 saturated carbocycles. The number of hydrogen-bond acceptors (Lipinski definition) is 6. The summed E-state index contributed by atoms with van der Waals surface area (Å²) in [5.41, 5.74) is 5.89. The molecule has 0 spiro atoms. The smallest absolute Gasteiger partial charge is 0.252 e. The van der Waals surface area contributed by atoms with Crippen molar-refractivity contribution in [3.63, 3.8) is 0 Å². The van der Waals surface area contributed by atoms with E-state index in [1.165, 1.54) is 0 Å². The van der Waals surface area contributed by atoms with E-state index < -0.39 is 0 Å². The topological polar surface area (TPSA) is 106 Å². The van der Waals surface area contributed by atoms with Gasteiger partial charge in [-0.2, -0.15) is 5.10 Å². The number of carbonyl (C=O) groups is 1. The molecule has 1 aliphatic rings. The Labute approximate surface area is 213 Å². The van der Waals surface area contributed by atoms with Crippen LogP contribution in [0, 0.1) is 0 Å². The number of carbonyl (C=O) groups excluding carboxylic acids is 1. The summed E-state index contributed by atoms with van der Waals surface area (Å²) in [7, 11) is 1.63. The Bertz CT molecular complexity index is 1590. The minimum Gasteiger partial charge on any atom is -0.497 e. The molecule has 3 heterocycles. The standard InChI is InChI=1S/C29H23N5O3/c1-36-21-13-11-18(12-14-21)26-23(15-16-25-32-34-29(37-25)19-7-3-2-4-8-19)31-33-27(26)24-17-20-9-5-6-10-22(20)28(35)30-24/h2-16,24H,17H2,1H3,(H,30,35)(H,31,33)/b16-15+. The molecule has 2 N–H and O–H groups in total. The van der Waals surface area contributed by atoms with Crippen LogP contribution in [-0.2, 0) is 6.42 Å². The molecule has 1 amide bonds. The fourth-order valence-electron chi connectivity index (χ4n) is 4.55. The third-order valence-electron chi connectivity index (χ3n) is 6.39. The number of aromatic nitrogens is 4. The van der Waals surface area contributed by atoms with Crippen LogP contribution in [0.3, 0.4) is 0 Å². The van der Waals surface area contributed by atoms with Crippen molar-refractivity contribution in [2.75, 3.05) is 7.11 Å². The minimum atomic E-state index is -0.262. The first-order valence-corrected chi connectivity index (χ1v) is 11.9. The molecule has 1 unspecified atom stereocenters. The van der Waals surface area contributed by atoms with Gasteiger partial charge in [-0.3, -0.25) is 9.89 Å². The lowest BCUT2D eigenvalue weighted by atomic mass is 9.90. The Morgan fingerprint density at radius 2 is 1.70 bits per heavy atom. The van der Waals surface area contributed by atoms with E-state index >= 15 is 0 Å². The van der Waals surface area contributed by atoms with Gasteiger partial charge in [-0.25, -0.2) is 0 Å². The van der Waals surface area contributed by atoms with E-state index in [4.69, 9.17) is 9.15 Å². The Kier molecular flexibility index (Phi) is 5.82. The Hall–Kier alpha value is -4.98. The first-order chi connectivity index (χ1) is 18.2. The van der Waals surface area contributed by atoms with Crippen molar-refractivity contribution in [2.24, 2.45) is 0 Å². The zero-order valence-corrected chi connectivity index (χ0v) is 20.0. The zero-order chi connectivity index (χ0) is 25.2. The number of amides is 1. The maximum Gasteiger partial charge on any atom is 0.252 e. The molecule has 3 aromatic carbocycles. The highest BCUT2D eigenvalue weighted by atomic mass is 16.5. The molecule has 0 fully saturated rings. The molecule has 1 aliphatic heterocycles. The summed E-state index contributed by atoms with van der Waals surface area (Å²) in [6.45, 7) is 0. The van der Waals surface area contributed by atoms with E-state index in [0.29, 0.717) is 29.5 Å². The Balaban J connectivity index is 1.37. The molecule has 8 heteroatoms. The first kappa shape index (κ1) is 22.5. The van der Waals surface area contributed by atoms with Gasteiger partial charge in [0.05, 0.1) is 24.5 Å². The van der Waals surface area contributed by atoms with Crippen LogP contribution in [0.4, 0.5) is 0 Å². The first-order valence-electron chi connectivity index (χ1n) is 11.9. The summed E-state index contributed by atoms with van der Waals surface area (Å²) in [5, 5.41) is 19.2. The average Bonchev–Trinajstić information content (AvgIpc) is 3.60. The fourth-order valence-corrected chi connectivity index (χ4v) is 4.55. The monoisotopic (exact) mass is 489 g/mol. The van der Waals surface area contributed by atoms with Gasteiger partial charge in [0, 0.05) is 22.8 Å². The van der Waals surface area contributed by atoms with Crippen molar-refractivity contribution >= 4 is 18.1 Å². The van der Waals surface area contributed by atoms with Gasteiger partial charge in [0.15, 0.2) is 0 Å². The van der Waals surface area contributed by atoms with Gasteiger partial charge in [0.25, 0.3) is 5.91 Å². The second-order valence-electron chi connectivity index (χ2n) is 8.66. The van der Waals surface area contributed by atoms with Gasteiger partial charge in [-0.1, -0.05) is 48.5 Å². The quantitative estimate of drug-likeness (QED) is 0.334. The van der Waals surface area contributed by atoms with Gasteiger partial charge in [-0.15, -0.1) is 10.2 Å². The van der Waals surface area contributed by atoms with E-state index in [2.05, 4.69) is 25.7 Å². The number of hydrogen-bond donors (Lipinski definition) is 2. The SMILES string of the molecule is COc1ccc(-c2c(/C=C/c3nnc(-c4ccccc4)o3)n[nH]c2C2Cc3ccccc3C(=O)N2)cc1. The summed E-state index contributed by atoms with van der Waals surface area (Å²) >= 11 is 0. The van der Waals surface area contributed by atoms with Gasteiger partial charge in [0.1, 0.15) is 5.75 Å². The number of nitrogens with zero attached hydrogens (tertiary/aromatic N) is 3. The highest BCUT2D eigenvalue weighted by Crippen LogP contribution is 2.35. The number of H-pyrrole nitrogens is 1. The van der Waals surface area contributed by atoms with E-state index in [1.54, 1.807) is 13.2 Å². The summed E-state index contributed by atoms with van der Waals surface area (Å²) in [6.07, 6.45) is 4.22. The number of fused-ring (bicyclic) bond motifs is 1. The van der Waals surface area contributed by atoms with E-state index in [1.807, 2.05) is 84.9 Å². The summed E-state index contributed by atoms with van der Waals surface area (Å²) < 4.78 is 11.2. The predicted octanol–water partition coefficient (Wildman–Crippen LogP) is 5.33. The Morgan fingerprint density at radius 3 is 2.51 bits per heavy atom. The number of rotatable bonds is 6. The van der Waals surface area contributed by atoms with Crippen molar-refractivity contribution in [1.82, 2.24) is 25.7 Å². The van der Waals surface area contributed by atoms with Crippen LogP contribution in [0.1, 0.15) is 39.2 Å². The third-order valence-corrected chi connectivity index (χ3v) is 6.39. The van der Waals surface area contributed by atoms with Crippen molar-refractivity contribution in [1.29, 1.82) is 0 Å². The van der Waals surface area contributed by atoms with Crippen LogP contribution in [0.25, 0.3) is 34.7 Å². The average molecular weight is 490 g/mol. The van der Waals surface area contributed by atoms with Crippen LogP contribution in [0.2, 0.25) is 0 Å². The largest absolute Gasteiger partial charge is 0.497 e. The predicted molar refractivity (Wildman–Crippen MR) is 140 cm³/mol. The lowest BCUT2D eigenvalue weighted by molar-refractivity contribution is 0.0924. The second kappa shape index (κ2) is 9.58. The highest BCUT2D eigenvalue weighted by Gasteiger charge is 2.29. The zero-order valence-electron chi connectivity index (χ0n) is 20.0. The normalized spacial score (nSPS) is 14.9. The van der Waals surface area contributed by atoms with Gasteiger partial charge >= 0.3 is 0 Å². The molecule has 182 valence electrons. The lowest BCUT2D eigenvalue weighted by Crippen LogP contribution is -2.35. The molecule has 0 aliphatic carbocycles. The lowest BCUT2D eigenvalue weighted by Gasteiger charge is -2.25. The van der Waals surface area contributed by atoms with Crippen LogP contribution in [0.15, 0.2) is 83.3 Å². The summed E-state index contributed by atoms with van der Waals surface area (Å²) in [4.78, 5) is 12.8. The molecular formula is C29H23N5O3. The van der Waals surface area contributed by atoms with Crippen LogP contribution < -0.4 is 10.1 Å². The maximum absolute atomic E-state index is 12.8. The molecule has 37 heavy (non-hydrogen) atoms. The van der Waals surface area contributed by atoms with Gasteiger partial charge < -0.3 is 14.5 Å². The van der Waals surface area contributed by atoms with E-state index in [9.17, 15) is 4.79 Å². The number of benzene rings is 3. The number of ether oxygens (including phenoxy) is 1. The second-order valence-corrected chi connectivity index (χ2v) is 8.66. The minimum absolute atomic E-state index is 0.0986. The van der Waals surface area contributed by atoms with Crippen LogP contribution in [-0.4, -0.2) is 33.4 Å². The molecule has 0 bridgehead atoms. The van der Waals surface area contributed by atoms with Crippen LogP contribution >= 0.6 is 0 Å². The van der Waals surface area contributed by atoms with Crippen molar-refractivity contribution in [3.8, 4) is 28.3 Å². The van der Waals surface area contributed by atoms with Crippen molar-refractivity contribution < 1.29 is 13.9 Å². The highest BCUT2D eigenvalue weighted by molar-refractivity contribution is 5.97. The van der Waals surface area contributed by atoms with Crippen molar-refractivity contribution in [2.45, 2.75) is 12.5 Å². The van der Waals surface area contributed by atoms with Gasteiger partial charge in [-0.05, 0) is 54.0 Å². The van der Waals surface area contributed by atoms with Crippen molar-refractivity contribution in [3.05, 3.63) is 107 Å². The summed E-state index contributed by atoms with van der Waals surface area (Å²) in [5.74, 6) is 1.47. The molecule has 1 atom stereocenters. The molecule has 0 radical (unpaired) electrons. The van der Waals surface area contributed by atoms with E-state index in [-0.39, 0.29) is 11.9 Å². The molecule has 8 nitrogen and oxygen atoms in total. The molecular weight excluding hydrogens is 466 g/mol. The number of methoxy groups -OCH3 is 1. The van der Waals surface area contributed by atoms with Gasteiger partial charge in [0.2, 0.25) is 11.8 Å². The number of nitrogens with one attached hydrogen (secondary N) is 2. The molecule has 6 rings (SSSR count). The number of aromatic amines is 1.